The molecule has 2 fully saturated rings. The van der Waals surface area contributed by atoms with Gasteiger partial charge in [0.05, 0.1) is 5.60 Å². The van der Waals surface area contributed by atoms with Crippen molar-refractivity contribution in [2.45, 2.75) is 58.0 Å². The van der Waals surface area contributed by atoms with Crippen LogP contribution < -0.4 is 0 Å². The van der Waals surface area contributed by atoms with Gasteiger partial charge in [0.1, 0.15) is 0 Å². The van der Waals surface area contributed by atoms with Crippen LogP contribution in [0.4, 0.5) is 0 Å². The van der Waals surface area contributed by atoms with Gasteiger partial charge in [-0.15, -0.1) is 0 Å². The maximum absolute atomic E-state index is 12.2. The van der Waals surface area contributed by atoms with Crippen LogP contribution in [-0.4, -0.2) is 61.6 Å². The molecule has 0 bridgehead atoms. The van der Waals surface area contributed by atoms with Gasteiger partial charge in [-0.3, -0.25) is 4.79 Å². The maximum atomic E-state index is 12.2. The Morgan fingerprint density at radius 1 is 1.32 bits per heavy atom. The zero-order valence-electron chi connectivity index (χ0n) is 14.9. The highest BCUT2D eigenvalue weighted by atomic mass is 16.5. The number of carbonyl (C=O) groups is 1. The third-order valence-electron chi connectivity index (χ3n) is 5.19. The first kappa shape index (κ1) is 17.7. The van der Waals surface area contributed by atoms with Crippen LogP contribution in [0.3, 0.4) is 0 Å². The molecule has 1 atom stereocenters. The van der Waals surface area contributed by atoms with Crippen molar-refractivity contribution < 1.29 is 9.53 Å². The van der Waals surface area contributed by atoms with E-state index in [0.717, 1.165) is 38.5 Å². The SMILES string of the molecule is CC(C)CC(=O)N1CCC2(CC1)CC(CCN(C)C)CCO2. The molecule has 22 heavy (non-hydrogen) atoms. The molecule has 128 valence electrons. The number of amides is 1. The topological polar surface area (TPSA) is 32.8 Å². The minimum atomic E-state index is 0.0594. The molecule has 2 aliphatic rings. The lowest BCUT2D eigenvalue weighted by Crippen LogP contribution is -2.51. The minimum Gasteiger partial charge on any atom is -0.375 e. The van der Waals surface area contributed by atoms with E-state index in [2.05, 4.69) is 37.7 Å². The van der Waals surface area contributed by atoms with E-state index in [1.54, 1.807) is 0 Å². The molecule has 0 aliphatic carbocycles. The highest BCUT2D eigenvalue weighted by Gasteiger charge is 2.40. The molecule has 0 aromatic rings. The normalized spacial score (nSPS) is 25.2. The second-order valence-electron chi connectivity index (χ2n) is 7.96. The third-order valence-corrected chi connectivity index (χ3v) is 5.19. The lowest BCUT2D eigenvalue weighted by Gasteiger charge is -2.46. The van der Waals surface area contributed by atoms with Gasteiger partial charge in [-0.25, -0.2) is 0 Å². The molecule has 2 saturated heterocycles. The number of rotatable bonds is 5. The van der Waals surface area contributed by atoms with Crippen molar-refractivity contribution in [1.82, 2.24) is 9.80 Å². The van der Waals surface area contributed by atoms with Crippen LogP contribution in [0.5, 0.6) is 0 Å². The molecule has 4 heteroatoms. The Kier molecular flexibility index (Phi) is 6.27. The van der Waals surface area contributed by atoms with Gasteiger partial charge >= 0.3 is 0 Å². The summed E-state index contributed by atoms with van der Waals surface area (Å²) in [5.74, 6) is 1.56. The molecule has 0 aromatic heterocycles. The number of hydrogen-bond donors (Lipinski definition) is 0. The summed E-state index contributed by atoms with van der Waals surface area (Å²) in [4.78, 5) is 16.5. The van der Waals surface area contributed by atoms with E-state index in [4.69, 9.17) is 4.74 Å². The fourth-order valence-electron chi connectivity index (χ4n) is 3.81. The van der Waals surface area contributed by atoms with Crippen molar-refractivity contribution in [2.24, 2.45) is 11.8 Å². The number of carbonyl (C=O) groups excluding carboxylic acids is 1. The highest BCUT2D eigenvalue weighted by molar-refractivity contribution is 5.76. The van der Waals surface area contributed by atoms with Gasteiger partial charge in [0.2, 0.25) is 5.91 Å². The van der Waals surface area contributed by atoms with Crippen molar-refractivity contribution in [3.05, 3.63) is 0 Å². The number of piperidine rings is 1. The third kappa shape index (κ3) is 4.95. The molecule has 4 nitrogen and oxygen atoms in total. The first-order chi connectivity index (χ1) is 10.4. The molecule has 0 radical (unpaired) electrons. The second kappa shape index (κ2) is 7.78. The van der Waals surface area contributed by atoms with E-state index >= 15 is 0 Å². The number of hydrogen-bond acceptors (Lipinski definition) is 3. The summed E-state index contributed by atoms with van der Waals surface area (Å²) < 4.78 is 6.20. The second-order valence-corrected chi connectivity index (χ2v) is 7.96. The van der Waals surface area contributed by atoms with Gasteiger partial charge in [0, 0.05) is 26.1 Å². The molecule has 0 saturated carbocycles. The van der Waals surface area contributed by atoms with Crippen molar-refractivity contribution >= 4 is 5.91 Å². The van der Waals surface area contributed by atoms with Crippen LogP contribution in [-0.2, 0) is 9.53 Å². The van der Waals surface area contributed by atoms with E-state index < -0.39 is 0 Å². The Morgan fingerprint density at radius 3 is 2.59 bits per heavy atom. The Bertz CT molecular complexity index is 360. The summed E-state index contributed by atoms with van der Waals surface area (Å²) in [6.07, 6.45) is 6.39. The van der Waals surface area contributed by atoms with Crippen LogP contribution >= 0.6 is 0 Å². The monoisotopic (exact) mass is 310 g/mol. The predicted molar refractivity (Wildman–Crippen MR) is 89.8 cm³/mol. The van der Waals surface area contributed by atoms with Crippen LogP contribution in [0.15, 0.2) is 0 Å². The van der Waals surface area contributed by atoms with Gasteiger partial charge in [-0.05, 0) is 64.6 Å². The fraction of sp³-hybridized carbons (Fsp3) is 0.944. The number of nitrogens with zero attached hydrogens (tertiary/aromatic N) is 2. The number of ether oxygens (including phenoxy) is 1. The largest absolute Gasteiger partial charge is 0.375 e. The van der Waals surface area contributed by atoms with Crippen molar-refractivity contribution in [3.8, 4) is 0 Å². The summed E-state index contributed by atoms with van der Waals surface area (Å²) in [5, 5.41) is 0. The summed E-state index contributed by atoms with van der Waals surface area (Å²) in [5.41, 5.74) is 0.0594. The molecular formula is C18H34N2O2. The van der Waals surface area contributed by atoms with Gasteiger partial charge in [0.25, 0.3) is 0 Å². The maximum Gasteiger partial charge on any atom is 0.222 e. The Balaban J connectivity index is 1.82. The van der Waals surface area contributed by atoms with Gasteiger partial charge < -0.3 is 14.5 Å². The summed E-state index contributed by atoms with van der Waals surface area (Å²) in [7, 11) is 4.29. The van der Waals surface area contributed by atoms with Gasteiger partial charge in [-0.1, -0.05) is 13.8 Å². The average molecular weight is 310 g/mol. The van der Waals surface area contributed by atoms with Gasteiger partial charge in [-0.2, -0.15) is 0 Å². The zero-order chi connectivity index (χ0) is 16.2. The van der Waals surface area contributed by atoms with E-state index in [0.29, 0.717) is 18.2 Å². The van der Waals surface area contributed by atoms with E-state index in [9.17, 15) is 4.79 Å². The summed E-state index contributed by atoms with van der Waals surface area (Å²) in [6.45, 7) is 8.06. The van der Waals surface area contributed by atoms with E-state index in [1.807, 2.05) is 0 Å². The molecule has 1 unspecified atom stereocenters. The Labute approximate surface area is 136 Å². The lowest BCUT2D eigenvalue weighted by molar-refractivity contribution is -0.148. The molecule has 0 aromatic carbocycles. The first-order valence-corrected chi connectivity index (χ1v) is 8.97. The van der Waals surface area contributed by atoms with Crippen molar-refractivity contribution in [3.63, 3.8) is 0 Å². The van der Waals surface area contributed by atoms with Crippen molar-refractivity contribution in [1.29, 1.82) is 0 Å². The zero-order valence-corrected chi connectivity index (χ0v) is 14.9. The van der Waals surface area contributed by atoms with Crippen LogP contribution in [0.25, 0.3) is 0 Å². The first-order valence-electron chi connectivity index (χ1n) is 8.97. The van der Waals surface area contributed by atoms with Crippen LogP contribution in [0.1, 0.15) is 52.4 Å². The van der Waals surface area contributed by atoms with E-state index in [1.165, 1.54) is 25.8 Å². The predicted octanol–water partition coefficient (Wildman–Crippen LogP) is 2.77. The van der Waals surface area contributed by atoms with Crippen LogP contribution in [0, 0.1) is 11.8 Å². The quantitative estimate of drug-likeness (QED) is 0.783. The molecule has 2 aliphatic heterocycles. The molecule has 1 spiro atoms. The van der Waals surface area contributed by atoms with Crippen LogP contribution in [0.2, 0.25) is 0 Å². The minimum absolute atomic E-state index is 0.0594. The molecule has 2 heterocycles. The molecule has 1 amide bonds. The summed E-state index contributed by atoms with van der Waals surface area (Å²) >= 11 is 0. The Morgan fingerprint density at radius 2 is 2.00 bits per heavy atom. The Hall–Kier alpha value is -0.610. The summed E-state index contributed by atoms with van der Waals surface area (Å²) in [6, 6.07) is 0. The smallest absolute Gasteiger partial charge is 0.222 e. The lowest BCUT2D eigenvalue weighted by atomic mass is 9.78. The molecule has 2 rings (SSSR count). The fourth-order valence-corrected chi connectivity index (χ4v) is 3.81. The molecule has 0 N–H and O–H groups in total. The van der Waals surface area contributed by atoms with Crippen molar-refractivity contribution in [2.75, 3.05) is 40.3 Å². The molecular weight excluding hydrogens is 276 g/mol. The highest BCUT2D eigenvalue weighted by Crippen LogP contribution is 2.38. The van der Waals surface area contributed by atoms with Gasteiger partial charge in [0.15, 0.2) is 0 Å². The van der Waals surface area contributed by atoms with E-state index in [-0.39, 0.29) is 5.60 Å². The average Bonchev–Trinajstić information content (AvgIpc) is 2.45. The number of likely N-dealkylation sites (tertiary alicyclic amines) is 1. The standard InChI is InChI=1S/C18H34N2O2/c1-15(2)13-17(21)20-10-7-18(8-11-20)14-16(6-12-22-18)5-9-19(3)4/h15-16H,5-14H2,1-4H3.